The van der Waals surface area contributed by atoms with E-state index in [0.29, 0.717) is 29.6 Å². The van der Waals surface area contributed by atoms with Gasteiger partial charge in [0.15, 0.2) is 5.65 Å². The third-order valence-electron chi connectivity index (χ3n) is 5.42. The molecule has 1 fully saturated rings. The van der Waals surface area contributed by atoms with Crippen LogP contribution in [0, 0.1) is 0 Å². The van der Waals surface area contributed by atoms with E-state index in [2.05, 4.69) is 9.97 Å². The van der Waals surface area contributed by atoms with Gasteiger partial charge < -0.3 is 14.2 Å². The van der Waals surface area contributed by atoms with Crippen LogP contribution in [0.2, 0.25) is 0 Å². The number of pyridine rings is 1. The van der Waals surface area contributed by atoms with E-state index in [9.17, 15) is 13.2 Å². The molecule has 1 aromatic carbocycles. The number of ether oxygens (including phenoxy) is 1. The number of hydrogen-bond donors (Lipinski definition) is 0. The SMILES string of the molecule is CC(C)(C)OC(=O)N1CC(n2cnc3cnc4c(ccn4S(=O)(=O)c4ccccc4)c32)C1. The Morgan fingerprint density at radius 3 is 2.50 bits per heavy atom. The molecule has 3 aromatic heterocycles. The van der Waals surface area contributed by atoms with Crippen molar-refractivity contribution < 1.29 is 17.9 Å². The van der Waals surface area contributed by atoms with Gasteiger partial charge in [-0.2, -0.15) is 0 Å². The van der Waals surface area contributed by atoms with Crippen LogP contribution in [0.4, 0.5) is 4.79 Å². The molecule has 1 aliphatic heterocycles. The van der Waals surface area contributed by atoms with Crippen molar-refractivity contribution in [1.82, 2.24) is 23.4 Å². The lowest BCUT2D eigenvalue weighted by Crippen LogP contribution is -2.52. The molecule has 1 saturated heterocycles. The Morgan fingerprint density at radius 1 is 1.09 bits per heavy atom. The Bertz CT molecular complexity index is 1430. The van der Waals surface area contributed by atoms with Gasteiger partial charge in [-0.1, -0.05) is 18.2 Å². The van der Waals surface area contributed by atoms with E-state index in [4.69, 9.17) is 4.74 Å². The van der Waals surface area contributed by atoms with Gasteiger partial charge in [-0.15, -0.1) is 0 Å². The number of hydrogen-bond acceptors (Lipinski definition) is 6. The number of carbonyl (C=O) groups excluding carboxylic acids is 1. The van der Waals surface area contributed by atoms with E-state index in [0.717, 1.165) is 5.52 Å². The maximum atomic E-state index is 13.1. The highest BCUT2D eigenvalue weighted by atomic mass is 32.2. The summed E-state index contributed by atoms with van der Waals surface area (Å²) in [6, 6.07) is 10.0. The van der Waals surface area contributed by atoms with E-state index in [-0.39, 0.29) is 17.0 Å². The second kappa shape index (κ2) is 7.06. The van der Waals surface area contributed by atoms with Crippen LogP contribution < -0.4 is 0 Å². The van der Waals surface area contributed by atoms with Crippen LogP contribution in [-0.4, -0.2) is 56.6 Å². The average Bonchev–Trinajstić information content (AvgIpc) is 3.30. The van der Waals surface area contributed by atoms with Crippen molar-refractivity contribution in [2.75, 3.05) is 13.1 Å². The van der Waals surface area contributed by atoms with Crippen molar-refractivity contribution in [3.63, 3.8) is 0 Å². The molecule has 0 atom stereocenters. The van der Waals surface area contributed by atoms with Gasteiger partial charge >= 0.3 is 6.09 Å². The Morgan fingerprint density at radius 2 is 1.81 bits per heavy atom. The summed E-state index contributed by atoms with van der Waals surface area (Å²) in [5.74, 6) is 0. The number of fused-ring (bicyclic) bond motifs is 3. The van der Waals surface area contributed by atoms with Crippen LogP contribution in [0.1, 0.15) is 26.8 Å². The Kier molecular flexibility index (Phi) is 4.52. The van der Waals surface area contributed by atoms with Gasteiger partial charge in [0.2, 0.25) is 0 Å². The van der Waals surface area contributed by atoms with Crippen LogP contribution >= 0.6 is 0 Å². The van der Waals surface area contributed by atoms with Crippen molar-refractivity contribution in [1.29, 1.82) is 0 Å². The Labute approximate surface area is 185 Å². The second-order valence-corrected chi connectivity index (χ2v) is 10.7. The summed E-state index contributed by atoms with van der Waals surface area (Å²) in [7, 11) is -3.78. The smallest absolute Gasteiger partial charge is 0.410 e. The Hall–Kier alpha value is -3.40. The first-order valence-corrected chi connectivity index (χ1v) is 11.7. The zero-order chi connectivity index (χ0) is 22.7. The monoisotopic (exact) mass is 453 g/mol. The van der Waals surface area contributed by atoms with E-state index in [1.165, 1.54) is 10.2 Å². The van der Waals surface area contributed by atoms with Crippen molar-refractivity contribution in [3.8, 4) is 0 Å². The fourth-order valence-corrected chi connectivity index (χ4v) is 5.19. The molecule has 0 bridgehead atoms. The number of amides is 1. The molecule has 9 nitrogen and oxygen atoms in total. The molecular weight excluding hydrogens is 430 g/mol. The van der Waals surface area contributed by atoms with Crippen LogP contribution in [0.15, 0.2) is 60.0 Å². The molecule has 0 unspecified atom stereocenters. The molecule has 10 heteroatoms. The minimum atomic E-state index is -3.78. The average molecular weight is 454 g/mol. The van der Waals surface area contributed by atoms with Crippen molar-refractivity contribution >= 4 is 38.2 Å². The number of benzene rings is 1. The zero-order valence-electron chi connectivity index (χ0n) is 18.0. The number of rotatable bonds is 3. The molecule has 5 rings (SSSR count). The van der Waals surface area contributed by atoms with Gasteiger partial charge in [0.1, 0.15) is 11.1 Å². The van der Waals surface area contributed by atoms with Gasteiger partial charge in [-0.05, 0) is 39.0 Å². The number of carbonyl (C=O) groups is 1. The molecule has 4 aromatic rings. The standard InChI is InChI=1S/C22H23N5O4S/c1-22(2,3)31-21(28)25-12-15(13-25)26-14-24-18-11-23-20-17(19(18)26)9-10-27(20)32(29,30)16-7-5-4-6-8-16/h4-11,14-15H,12-13H2,1-3H3. The third kappa shape index (κ3) is 3.31. The summed E-state index contributed by atoms with van der Waals surface area (Å²) in [5.41, 5.74) is 1.26. The fraction of sp³-hybridized carbons (Fsp3) is 0.318. The van der Waals surface area contributed by atoms with E-state index >= 15 is 0 Å². The van der Waals surface area contributed by atoms with Crippen LogP contribution in [0.3, 0.4) is 0 Å². The van der Waals surface area contributed by atoms with Gasteiger partial charge in [0.05, 0.1) is 29.0 Å². The van der Waals surface area contributed by atoms with Crippen molar-refractivity contribution in [3.05, 3.63) is 55.1 Å². The summed E-state index contributed by atoms with van der Waals surface area (Å²) in [5, 5.41) is 0.690. The predicted octanol–water partition coefficient (Wildman–Crippen LogP) is 3.41. The first-order chi connectivity index (χ1) is 15.1. The van der Waals surface area contributed by atoms with Gasteiger partial charge in [-0.3, -0.25) is 0 Å². The lowest BCUT2D eigenvalue weighted by atomic mass is 10.1. The molecule has 0 spiro atoms. The minimum absolute atomic E-state index is 0.0206. The molecule has 166 valence electrons. The zero-order valence-corrected chi connectivity index (χ0v) is 18.8. The molecule has 0 saturated carbocycles. The fourth-order valence-electron chi connectivity index (χ4n) is 3.87. The first kappa shape index (κ1) is 20.5. The maximum absolute atomic E-state index is 13.1. The molecular formula is C22H23N5O4S. The number of likely N-dealkylation sites (tertiary alicyclic amines) is 1. The lowest BCUT2D eigenvalue weighted by Gasteiger charge is -2.40. The van der Waals surface area contributed by atoms with Crippen LogP contribution in [-0.2, 0) is 14.8 Å². The van der Waals surface area contributed by atoms with Crippen LogP contribution in [0.25, 0.3) is 22.1 Å². The number of aromatic nitrogens is 4. The summed E-state index contributed by atoms with van der Waals surface area (Å²) in [6.07, 6.45) is 4.47. The van der Waals surface area contributed by atoms with E-state index < -0.39 is 15.6 Å². The van der Waals surface area contributed by atoms with E-state index in [1.54, 1.807) is 53.8 Å². The minimum Gasteiger partial charge on any atom is -0.444 e. The molecule has 4 heterocycles. The summed E-state index contributed by atoms with van der Waals surface area (Å²) in [6.45, 7) is 6.50. The van der Waals surface area contributed by atoms with Crippen molar-refractivity contribution in [2.45, 2.75) is 37.3 Å². The molecule has 1 aliphatic rings. The topological polar surface area (TPSA) is 99.3 Å². The van der Waals surface area contributed by atoms with Gasteiger partial charge in [0.25, 0.3) is 10.0 Å². The number of imidazole rings is 1. The highest BCUT2D eigenvalue weighted by molar-refractivity contribution is 7.90. The summed E-state index contributed by atoms with van der Waals surface area (Å²) < 4.78 is 34.9. The number of nitrogens with zero attached hydrogens (tertiary/aromatic N) is 5. The quantitative estimate of drug-likeness (QED) is 0.471. The lowest BCUT2D eigenvalue weighted by molar-refractivity contribution is 0.00153. The second-order valence-electron chi connectivity index (χ2n) is 8.85. The third-order valence-corrected chi connectivity index (χ3v) is 7.10. The van der Waals surface area contributed by atoms with Crippen LogP contribution in [0.5, 0.6) is 0 Å². The van der Waals surface area contributed by atoms with Gasteiger partial charge in [-0.25, -0.2) is 27.2 Å². The first-order valence-electron chi connectivity index (χ1n) is 10.3. The highest BCUT2D eigenvalue weighted by Gasteiger charge is 2.35. The maximum Gasteiger partial charge on any atom is 0.410 e. The summed E-state index contributed by atoms with van der Waals surface area (Å²) >= 11 is 0. The molecule has 32 heavy (non-hydrogen) atoms. The molecule has 0 aliphatic carbocycles. The normalized spacial score (nSPS) is 15.3. The molecule has 0 radical (unpaired) electrons. The highest BCUT2D eigenvalue weighted by Crippen LogP contribution is 2.32. The van der Waals surface area contributed by atoms with Crippen molar-refractivity contribution in [2.24, 2.45) is 0 Å². The largest absolute Gasteiger partial charge is 0.444 e. The van der Waals surface area contributed by atoms with Gasteiger partial charge in [0, 0.05) is 24.7 Å². The Balaban J connectivity index is 1.50. The van der Waals surface area contributed by atoms with E-state index in [1.807, 2.05) is 25.3 Å². The predicted molar refractivity (Wildman–Crippen MR) is 119 cm³/mol. The molecule has 0 N–H and O–H groups in total. The summed E-state index contributed by atoms with van der Waals surface area (Å²) in [4.78, 5) is 22.9. The molecule has 1 amide bonds.